The van der Waals surface area contributed by atoms with E-state index in [1.807, 2.05) is 4.90 Å². The summed E-state index contributed by atoms with van der Waals surface area (Å²) in [5.41, 5.74) is 1.000. The van der Waals surface area contributed by atoms with Gasteiger partial charge in [0.05, 0.1) is 0 Å². The Bertz CT molecular complexity index is 344. The molecule has 0 atom stereocenters. The van der Waals surface area contributed by atoms with E-state index in [9.17, 15) is 4.79 Å². The fourth-order valence-electron chi connectivity index (χ4n) is 3.42. The van der Waals surface area contributed by atoms with Crippen LogP contribution < -0.4 is 0 Å². The molecule has 1 saturated heterocycles. The van der Waals surface area contributed by atoms with Crippen molar-refractivity contribution in [3.63, 3.8) is 0 Å². The van der Waals surface area contributed by atoms with Gasteiger partial charge in [0.2, 0.25) is 5.91 Å². The van der Waals surface area contributed by atoms with Gasteiger partial charge in [0.15, 0.2) is 0 Å². The molecule has 0 aromatic rings. The van der Waals surface area contributed by atoms with Crippen molar-refractivity contribution in [2.24, 2.45) is 10.8 Å². The van der Waals surface area contributed by atoms with Crippen molar-refractivity contribution in [1.82, 2.24) is 9.80 Å². The average Bonchev–Trinajstić information content (AvgIpc) is 3.06. The summed E-state index contributed by atoms with van der Waals surface area (Å²) >= 11 is 0. The highest BCUT2D eigenvalue weighted by Crippen LogP contribution is 2.53. The number of carbonyl (C=O) groups excluding carboxylic acids is 1. The van der Waals surface area contributed by atoms with Crippen LogP contribution in [0.1, 0.15) is 40.0 Å². The largest absolute Gasteiger partial charge is 0.337 e. The number of rotatable bonds is 4. The highest BCUT2D eigenvalue weighted by atomic mass is 16.2. The first-order chi connectivity index (χ1) is 8.84. The van der Waals surface area contributed by atoms with Crippen molar-refractivity contribution in [2.75, 3.05) is 32.7 Å². The number of nitrogens with zero attached hydrogens (tertiary/aromatic N) is 2. The molecule has 0 aromatic carbocycles. The van der Waals surface area contributed by atoms with E-state index in [1.54, 1.807) is 0 Å². The Morgan fingerprint density at radius 3 is 2.21 bits per heavy atom. The Morgan fingerprint density at radius 1 is 1.21 bits per heavy atom. The van der Waals surface area contributed by atoms with E-state index < -0.39 is 0 Å². The Morgan fingerprint density at radius 2 is 1.79 bits per heavy atom. The molecule has 1 saturated carbocycles. The summed E-state index contributed by atoms with van der Waals surface area (Å²) < 4.78 is 0. The lowest BCUT2D eigenvalue weighted by Crippen LogP contribution is -2.49. The Balaban J connectivity index is 1.80. The Labute approximate surface area is 117 Å². The van der Waals surface area contributed by atoms with Crippen LogP contribution in [0.2, 0.25) is 0 Å². The van der Waals surface area contributed by atoms with Crippen LogP contribution in [-0.2, 0) is 4.79 Å². The second-order valence-electron chi connectivity index (χ2n) is 7.54. The van der Waals surface area contributed by atoms with Gasteiger partial charge in [-0.05, 0) is 36.2 Å². The molecule has 2 rings (SSSR count). The smallest absolute Gasteiger partial charge is 0.246 e. The van der Waals surface area contributed by atoms with E-state index in [0.717, 1.165) is 26.2 Å². The summed E-state index contributed by atoms with van der Waals surface area (Å²) in [6.45, 7) is 15.6. The van der Waals surface area contributed by atoms with E-state index >= 15 is 0 Å². The lowest BCUT2D eigenvalue weighted by molar-refractivity contribution is -0.127. The maximum atomic E-state index is 11.5. The molecule has 1 heterocycles. The Kier molecular flexibility index (Phi) is 4.05. The minimum Gasteiger partial charge on any atom is -0.337 e. The summed E-state index contributed by atoms with van der Waals surface area (Å²) in [4.78, 5) is 16.0. The van der Waals surface area contributed by atoms with Gasteiger partial charge in [-0.15, -0.1) is 0 Å². The summed E-state index contributed by atoms with van der Waals surface area (Å²) in [5.74, 6) is 0.0791. The monoisotopic (exact) mass is 264 g/mol. The molecule has 0 radical (unpaired) electrons. The van der Waals surface area contributed by atoms with Gasteiger partial charge in [-0.2, -0.15) is 0 Å². The summed E-state index contributed by atoms with van der Waals surface area (Å²) in [7, 11) is 0. The average molecular weight is 264 g/mol. The lowest BCUT2D eigenvalue weighted by Gasteiger charge is -2.37. The van der Waals surface area contributed by atoms with E-state index in [-0.39, 0.29) is 5.91 Å². The molecule has 2 aliphatic rings. The molecule has 108 valence electrons. The van der Waals surface area contributed by atoms with Crippen LogP contribution in [0.15, 0.2) is 12.7 Å². The lowest BCUT2D eigenvalue weighted by atomic mass is 9.82. The summed E-state index contributed by atoms with van der Waals surface area (Å²) in [6, 6.07) is 0. The van der Waals surface area contributed by atoms with E-state index in [0.29, 0.717) is 10.8 Å². The summed E-state index contributed by atoms with van der Waals surface area (Å²) in [6.07, 6.45) is 5.52. The zero-order valence-electron chi connectivity index (χ0n) is 12.7. The predicted molar refractivity (Wildman–Crippen MR) is 79.0 cm³/mol. The third-order valence-electron chi connectivity index (χ3n) is 4.28. The number of piperazine rings is 1. The first kappa shape index (κ1) is 14.6. The molecule has 0 N–H and O–H groups in total. The number of carbonyl (C=O) groups is 1. The van der Waals surface area contributed by atoms with Crippen LogP contribution in [0, 0.1) is 10.8 Å². The van der Waals surface area contributed by atoms with Crippen molar-refractivity contribution in [1.29, 1.82) is 0 Å². The van der Waals surface area contributed by atoms with Crippen LogP contribution in [0.25, 0.3) is 0 Å². The molecular formula is C16H28N2O. The molecule has 1 aliphatic carbocycles. The van der Waals surface area contributed by atoms with Crippen molar-refractivity contribution >= 4 is 5.91 Å². The molecular weight excluding hydrogens is 236 g/mol. The second kappa shape index (κ2) is 5.28. The van der Waals surface area contributed by atoms with Gasteiger partial charge in [-0.1, -0.05) is 27.4 Å². The quantitative estimate of drug-likeness (QED) is 0.729. The first-order valence-corrected chi connectivity index (χ1v) is 7.47. The minimum absolute atomic E-state index is 0.0791. The van der Waals surface area contributed by atoms with Crippen molar-refractivity contribution in [2.45, 2.75) is 40.0 Å². The van der Waals surface area contributed by atoms with Gasteiger partial charge in [0.1, 0.15) is 0 Å². The molecule has 1 amide bonds. The van der Waals surface area contributed by atoms with Gasteiger partial charge in [-0.25, -0.2) is 0 Å². The minimum atomic E-state index is 0.0791. The fraction of sp³-hybridized carbons (Fsp3) is 0.812. The molecule has 0 bridgehead atoms. The van der Waals surface area contributed by atoms with Crippen molar-refractivity contribution in [3.05, 3.63) is 12.7 Å². The van der Waals surface area contributed by atoms with Crippen LogP contribution in [0.3, 0.4) is 0 Å². The topological polar surface area (TPSA) is 23.6 Å². The Hall–Kier alpha value is -0.830. The van der Waals surface area contributed by atoms with Gasteiger partial charge in [-0.3, -0.25) is 9.69 Å². The van der Waals surface area contributed by atoms with Crippen molar-refractivity contribution in [3.8, 4) is 0 Å². The van der Waals surface area contributed by atoms with E-state index in [1.165, 1.54) is 31.9 Å². The SMILES string of the molecule is C=CC(=O)N1CCN(CC2(CC(C)(C)C)CC2)CC1. The van der Waals surface area contributed by atoms with Crippen LogP contribution in [0.4, 0.5) is 0 Å². The van der Waals surface area contributed by atoms with Gasteiger partial charge in [0.25, 0.3) is 0 Å². The maximum absolute atomic E-state index is 11.5. The van der Waals surface area contributed by atoms with E-state index in [2.05, 4.69) is 32.3 Å². The first-order valence-electron chi connectivity index (χ1n) is 7.47. The van der Waals surface area contributed by atoms with Crippen molar-refractivity contribution < 1.29 is 4.79 Å². The maximum Gasteiger partial charge on any atom is 0.246 e. The summed E-state index contributed by atoms with van der Waals surface area (Å²) in [5, 5.41) is 0. The fourth-order valence-corrected chi connectivity index (χ4v) is 3.42. The second-order valence-corrected chi connectivity index (χ2v) is 7.54. The molecule has 19 heavy (non-hydrogen) atoms. The number of hydrogen-bond donors (Lipinski definition) is 0. The van der Waals surface area contributed by atoms with Crippen LogP contribution in [0.5, 0.6) is 0 Å². The third-order valence-corrected chi connectivity index (χ3v) is 4.28. The highest BCUT2D eigenvalue weighted by molar-refractivity contribution is 5.87. The third kappa shape index (κ3) is 4.07. The zero-order valence-corrected chi connectivity index (χ0v) is 12.7. The molecule has 0 spiro atoms. The number of hydrogen-bond acceptors (Lipinski definition) is 2. The molecule has 3 nitrogen and oxygen atoms in total. The van der Waals surface area contributed by atoms with Crippen LogP contribution in [-0.4, -0.2) is 48.4 Å². The molecule has 0 unspecified atom stereocenters. The molecule has 3 heteroatoms. The predicted octanol–water partition coefficient (Wildman–Crippen LogP) is 2.53. The van der Waals surface area contributed by atoms with E-state index in [4.69, 9.17) is 0 Å². The van der Waals surface area contributed by atoms with Crippen LogP contribution >= 0.6 is 0 Å². The zero-order chi connectivity index (χ0) is 14.1. The normalized spacial score (nSPS) is 23.2. The van der Waals surface area contributed by atoms with Gasteiger partial charge < -0.3 is 4.90 Å². The highest BCUT2D eigenvalue weighted by Gasteiger charge is 2.46. The van der Waals surface area contributed by atoms with Gasteiger partial charge >= 0.3 is 0 Å². The molecule has 2 fully saturated rings. The van der Waals surface area contributed by atoms with Gasteiger partial charge in [0, 0.05) is 32.7 Å². The number of amides is 1. The molecule has 1 aliphatic heterocycles. The molecule has 0 aromatic heterocycles. The standard InChI is InChI=1S/C16H28N2O/c1-5-14(19)18-10-8-17(9-11-18)13-16(6-7-16)12-15(2,3)4/h5H,1,6-13H2,2-4H3.